The van der Waals surface area contributed by atoms with Crippen molar-refractivity contribution in [2.24, 2.45) is 0 Å². The monoisotopic (exact) mass is 519 g/mol. The fourth-order valence-electron chi connectivity index (χ4n) is 3.39. The number of carbonyl (C=O) groups excluding carboxylic acids is 3. The van der Waals surface area contributed by atoms with Crippen LogP contribution in [0.5, 0.6) is 5.88 Å². The predicted molar refractivity (Wildman–Crippen MR) is 119 cm³/mol. The van der Waals surface area contributed by atoms with Crippen molar-refractivity contribution in [2.75, 3.05) is 11.4 Å². The molecular weight excluding hydrogens is 503 g/mol. The van der Waals surface area contributed by atoms with E-state index in [-0.39, 0.29) is 24.7 Å². The van der Waals surface area contributed by atoms with Crippen molar-refractivity contribution in [1.29, 1.82) is 0 Å². The van der Waals surface area contributed by atoms with E-state index in [4.69, 9.17) is 4.74 Å². The van der Waals surface area contributed by atoms with E-state index in [9.17, 15) is 36.0 Å². The van der Waals surface area contributed by atoms with Gasteiger partial charge in [0.15, 0.2) is 0 Å². The molecule has 1 aliphatic heterocycles. The summed E-state index contributed by atoms with van der Waals surface area (Å²) in [5.41, 5.74) is -4.75. The molecule has 0 spiro atoms. The zero-order chi connectivity index (χ0) is 26.1. The zero-order valence-corrected chi connectivity index (χ0v) is 19.0. The normalized spacial score (nSPS) is 14.3. The summed E-state index contributed by atoms with van der Waals surface area (Å²) in [6, 6.07) is 13.7. The molecule has 0 atom stereocenters. The van der Waals surface area contributed by atoms with Gasteiger partial charge in [0.1, 0.15) is 6.54 Å². The Morgan fingerprint density at radius 2 is 1.67 bits per heavy atom. The summed E-state index contributed by atoms with van der Waals surface area (Å²) in [5, 5.41) is 0. The van der Waals surface area contributed by atoms with Crippen LogP contribution in [0.25, 0.3) is 0 Å². The second-order valence-corrected chi connectivity index (χ2v) is 9.51. The number of carbonyl (C=O) groups is 3. The average Bonchev–Trinajstić information content (AvgIpc) is 3.11. The molecule has 9 nitrogen and oxygen atoms in total. The predicted octanol–water partition coefficient (Wildman–Crippen LogP) is 3.56. The van der Waals surface area contributed by atoms with Gasteiger partial charge in [-0.3, -0.25) is 4.79 Å². The highest BCUT2D eigenvalue weighted by atomic mass is 32.2. The molecule has 0 bridgehead atoms. The molecule has 2 heterocycles. The molecule has 186 valence electrons. The van der Waals surface area contributed by atoms with Gasteiger partial charge < -0.3 is 9.64 Å². The lowest BCUT2D eigenvalue weighted by molar-refractivity contribution is -0.116. The SMILES string of the molecule is O=C(Oc1cc(CN2CC(=O)N(c3ccc(S(=O)(=O)C(F)(F)F)cc3)C2=O)ccn1)c1ccccc1. The lowest BCUT2D eigenvalue weighted by atomic mass is 10.2. The van der Waals surface area contributed by atoms with E-state index in [1.807, 2.05) is 0 Å². The van der Waals surface area contributed by atoms with Gasteiger partial charge in [0.25, 0.3) is 15.7 Å². The Morgan fingerprint density at radius 1 is 1.00 bits per heavy atom. The third-order valence-electron chi connectivity index (χ3n) is 5.13. The number of pyridine rings is 1. The van der Waals surface area contributed by atoms with Gasteiger partial charge >= 0.3 is 17.5 Å². The number of urea groups is 1. The topological polar surface area (TPSA) is 114 Å². The number of esters is 1. The maximum Gasteiger partial charge on any atom is 0.501 e. The summed E-state index contributed by atoms with van der Waals surface area (Å²) in [6.07, 6.45) is 1.36. The van der Waals surface area contributed by atoms with Gasteiger partial charge in [0, 0.05) is 18.8 Å². The number of anilines is 1. The van der Waals surface area contributed by atoms with Gasteiger partial charge in [-0.2, -0.15) is 13.2 Å². The highest BCUT2D eigenvalue weighted by molar-refractivity contribution is 7.92. The minimum Gasteiger partial charge on any atom is -0.404 e. The van der Waals surface area contributed by atoms with Crippen LogP contribution in [0.1, 0.15) is 15.9 Å². The summed E-state index contributed by atoms with van der Waals surface area (Å²) < 4.78 is 66.5. The Hall–Kier alpha value is -4.26. The first-order valence-corrected chi connectivity index (χ1v) is 11.7. The fourth-order valence-corrected chi connectivity index (χ4v) is 4.15. The van der Waals surface area contributed by atoms with Crippen molar-refractivity contribution >= 4 is 33.4 Å². The molecule has 3 amide bonds. The van der Waals surface area contributed by atoms with E-state index in [0.29, 0.717) is 23.3 Å². The van der Waals surface area contributed by atoms with Gasteiger partial charge in [-0.1, -0.05) is 18.2 Å². The maximum atomic E-state index is 12.8. The van der Waals surface area contributed by atoms with E-state index in [2.05, 4.69) is 4.98 Å². The number of nitrogens with zero attached hydrogens (tertiary/aromatic N) is 3. The van der Waals surface area contributed by atoms with E-state index >= 15 is 0 Å². The Kier molecular flexibility index (Phi) is 6.50. The van der Waals surface area contributed by atoms with Gasteiger partial charge in [-0.05, 0) is 48.0 Å². The highest BCUT2D eigenvalue weighted by Gasteiger charge is 2.47. The van der Waals surface area contributed by atoms with Crippen molar-refractivity contribution in [2.45, 2.75) is 16.9 Å². The molecule has 0 N–H and O–H groups in total. The molecule has 0 unspecified atom stereocenters. The van der Waals surface area contributed by atoms with Crippen LogP contribution < -0.4 is 9.64 Å². The number of imide groups is 1. The minimum absolute atomic E-state index is 0.0161. The largest absolute Gasteiger partial charge is 0.501 e. The quantitative estimate of drug-likeness (QED) is 0.361. The molecule has 2 aromatic carbocycles. The van der Waals surface area contributed by atoms with Crippen molar-refractivity contribution in [3.8, 4) is 5.88 Å². The number of alkyl halides is 3. The van der Waals surface area contributed by atoms with Crippen LogP contribution in [0, 0.1) is 0 Å². The number of ether oxygens (including phenoxy) is 1. The van der Waals surface area contributed by atoms with Crippen LogP contribution in [0.2, 0.25) is 0 Å². The highest BCUT2D eigenvalue weighted by Crippen LogP contribution is 2.32. The van der Waals surface area contributed by atoms with Crippen molar-refractivity contribution in [1.82, 2.24) is 9.88 Å². The number of benzene rings is 2. The minimum atomic E-state index is -5.57. The second kappa shape index (κ2) is 9.41. The van der Waals surface area contributed by atoms with Crippen LogP contribution in [-0.4, -0.2) is 48.3 Å². The second-order valence-electron chi connectivity index (χ2n) is 7.57. The molecule has 4 rings (SSSR count). The van der Waals surface area contributed by atoms with E-state index in [0.717, 1.165) is 17.0 Å². The summed E-state index contributed by atoms with van der Waals surface area (Å²) >= 11 is 0. The Balaban J connectivity index is 1.47. The lowest BCUT2D eigenvalue weighted by Crippen LogP contribution is -2.32. The lowest BCUT2D eigenvalue weighted by Gasteiger charge is -2.18. The summed E-state index contributed by atoms with van der Waals surface area (Å²) in [7, 11) is -5.57. The first kappa shape index (κ1) is 24.9. The Morgan fingerprint density at radius 3 is 2.31 bits per heavy atom. The van der Waals surface area contributed by atoms with Crippen LogP contribution in [0.15, 0.2) is 77.8 Å². The van der Waals surface area contributed by atoms with Crippen molar-refractivity contribution in [3.05, 3.63) is 84.1 Å². The number of rotatable bonds is 6. The average molecular weight is 519 g/mol. The van der Waals surface area contributed by atoms with Crippen molar-refractivity contribution in [3.63, 3.8) is 0 Å². The first-order valence-electron chi connectivity index (χ1n) is 10.2. The molecule has 1 aromatic heterocycles. The fraction of sp³-hybridized carbons (Fsp3) is 0.130. The number of sulfone groups is 1. The number of aromatic nitrogens is 1. The smallest absolute Gasteiger partial charge is 0.404 e. The van der Waals surface area contributed by atoms with Gasteiger partial charge in [0.05, 0.1) is 16.1 Å². The maximum absolute atomic E-state index is 12.8. The van der Waals surface area contributed by atoms with Crippen LogP contribution in [-0.2, 0) is 21.2 Å². The van der Waals surface area contributed by atoms with Crippen LogP contribution in [0.3, 0.4) is 0 Å². The number of hydrogen-bond acceptors (Lipinski definition) is 7. The molecule has 0 aliphatic carbocycles. The molecule has 0 radical (unpaired) electrons. The summed E-state index contributed by atoms with van der Waals surface area (Å²) in [6.45, 7) is -0.386. The van der Waals surface area contributed by atoms with E-state index in [1.54, 1.807) is 36.4 Å². The van der Waals surface area contributed by atoms with E-state index in [1.165, 1.54) is 17.2 Å². The van der Waals surface area contributed by atoms with Gasteiger partial charge in [0.2, 0.25) is 5.88 Å². The van der Waals surface area contributed by atoms with Gasteiger partial charge in [-0.15, -0.1) is 0 Å². The standard InChI is InChI=1S/C23H16F3N3O6S/c24-23(25,26)36(33,34)18-8-6-17(7-9-18)29-20(30)14-28(22(29)32)13-15-10-11-27-19(12-15)35-21(31)16-4-2-1-3-5-16/h1-12H,13-14H2. The number of amides is 3. The third kappa shape index (κ3) is 4.91. The molecule has 3 aromatic rings. The Labute approximate surface area is 202 Å². The number of halogens is 3. The Bertz CT molecular complexity index is 1430. The van der Waals surface area contributed by atoms with E-state index < -0.39 is 38.1 Å². The zero-order valence-electron chi connectivity index (χ0n) is 18.2. The van der Waals surface area contributed by atoms with Gasteiger partial charge in [-0.25, -0.2) is 27.9 Å². The number of hydrogen-bond donors (Lipinski definition) is 0. The molecule has 36 heavy (non-hydrogen) atoms. The molecular formula is C23H16F3N3O6S. The molecule has 1 aliphatic rings. The summed E-state index contributed by atoms with van der Waals surface area (Å²) in [4.78, 5) is 42.4. The van der Waals surface area contributed by atoms with Crippen molar-refractivity contribution < 1.29 is 40.7 Å². The first-order chi connectivity index (χ1) is 17.0. The molecule has 1 fully saturated rings. The summed E-state index contributed by atoms with van der Waals surface area (Å²) in [5.74, 6) is -1.30. The van der Waals surface area contributed by atoms with Crippen LogP contribution in [0.4, 0.5) is 23.7 Å². The van der Waals surface area contributed by atoms with Crippen LogP contribution >= 0.6 is 0 Å². The molecule has 1 saturated heterocycles. The molecule has 13 heteroatoms. The molecule has 0 saturated carbocycles. The third-order valence-corrected chi connectivity index (χ3v) is 6.63.